The van der Waals surface area contributed by atoms with Crippen molar-refractivity contribution in [3.63, 3.8) is 0 Å². The molecule has 0 spiro atoms. The lowest BCUT2D eigenvalue weighted by atomic mass is 9.92. The van der Waals surface area contributed by atoms with Crippen molar-refractivity contribution in [2.45, 2.75) is 25.8 Å². The van der Waals surface area contributed by atoms with E-state index in [1.165, 1.54) is 0 Å². The number of carboxylic acid groups (broad SMARTS) is 1. The van der Waals surface area contributed by atoms with Crippen LogP contribution in [-0.4, -0.2) is 34.6 Å². The first-order valence-corrected chi connectivity index (χ1v) is 8.22. The lowest BCUT2D eigenvalue weighted by Crippen LogP contribution is -2.47. The normalized spacial score (nSPS) is 22.0. The molecule has 1 fully saturated rings. The summed E-state index contributed by atoms with van der Waals surface area (Å²) in [6, 6.07) is 5.24. The van der Waals surface area contributed by atoms with Crippen molar-refractivity contribution in [3.8, 4) is 0 Å². The van der Waals surface area contributed by atoms with Gasteiger partial charge >= 0.3 is 12.0 Å². The van der Waals surface area contributed by atoms with Gasteiger partial charge in [0.1, 0.15) is 0 Å². The van der Waals surface area contributed by atoms with Crippen LogP contribution in [0, 0.1) is 5.92 Å². The molecule has 2 N–H and O–H groups in total. The summed E-state index contributed by atoms with van der Waals surface area (Å²) in [7, 11) is 0. The molecule has 1 aromatic carbocycles. The minimum absolute atomic E-state index is 0.0919. The Morgan fingerprint density at radius 3 is 2.71 bits per heavy atom. The summed E-state index contributed by atoms with van der Waals surface area (Å²) in [5.41, 5.74) is 0.682. The third-order valence-electron chi connectivity index (χ3n) is 3.66. The second-order valence-electron chi connectivity index (χ2n) is 5.16. The zero-order valence-corrected chi connectivity index (χ0v) is 14.6. The topological polar surface area (TPSA) is 69.6 Å². The fourth-order valence-corrected chi connectivity index (χ4v) is 3.19. The first kappa shape index (κ1) is 16.3. The summed E-state index contributed by atoms with van der Waals surface area (Å²) in [4.78, 5) is 25.1. The van der Waals surface area contributed by atoms with Gasteiger partial charge in [0.05, 0.1) is 11.6 Å². The van der Waals surface area contributed by atoms with E-state index in [2.05, 4.69) is 37.2 Å². The molecule has 114 valence electrons. The summed E-state index contributed by atoms with van der Waals surface area (Å²) in [6.45, 7) is 2.33. The Balaban J connectivity index is 2.04. The molecule has 0 aliphatic carbocycles. The number of benzene rings is 1. The average molecular weight is 420 g/mol. The number of halogens is 2. The number of amides is 2. The molecule has 2 rings (SSSR count). The van der Waals surface area contributed by atoms with Gasteiger partial charge in [-0.3, -0.25) is 4.79 Å². The van der Waals surface area contributed by atoms with E-state index >= 15 is 0 Å². The summed E-state index contributed by atoms with van der Waals surface area (Å²) < 4.78 is 1.67. The van der Waals surface area contributed by atoms with Crippen molar-refractivity contribution in [1.29, 1.82) is 0 Å². The number of urea groups is 1. The number of piperidine rings is 1. The van der Waals surface area contributed by atoms with Crippen LogP contribution >= 0.6 is 31.9 Å². The van der Waals surface area contributed by atoms with Crippen LogP contribution in [0.2, 0.25) is 0 Å². The van der Waals surface area contributed by atoms with Crippen molar-refractivity contribution in [3.05, 3.63) is 27.1 Å². The minimum atomic E-state index is -0.781. The van der Waals surface area contributed by atoms with Gasteiger partial charge in [0.25, 0.3) is 0 Å². The predicted molar refractivity (Wildman–Crippen MR) is 87.4 cm³/mol. The van der Waals surface area contributed by atoms with Crippen molar-refractivity contribution < 1.29 is 14.7 Å². The third-order valence-corrected chi connectivity index (χ3v) is 4.84. The molecule has 2 unspecified atom stereocenters. The smallest absolute Gasteiger partial charge is 0.322 e. The fourth-order valence-electron chi connectivity index (χ4n) is 2.48. The number of nitrogens with zero attached hydrogens (tertiary/aromatic N) is 1. The van der Waals surface area contributed by atoms with Crippen LogP contribution in [0.4, 0.5) is 10.5 Å². The Hall–Kier alpha value is -1.08. The molecule has 0 radical (unpaired) electrons. The summed E-state index contributed by atoms with van der Waals surface area (Å²) in [5.74, 6) is -1.14. The fraction of sp³-hybridized carbons (Fsp3) is 0.429. The molecule has 0 aromatic heterocycles. The number of hydrogen-bond donors (Lipinski definition) is 2. The molecule has 5 nitrogen and oxygen atoms in total. The molecule has 1 aliphatic heterocycles. The van der Waals surface area contributed by atoms with Crippen LogP contribution in [0.15, 0.2) is 27.1 Å². The molecule has 1 aliphatic rings. The van der Waals surface area contributed by atoms with E-state index in [4.69, 9.17) is 5.11 Å². The Morgan fingerprint density at radius 2 is 2.10 bits per heavy atom. The second kappa shape index (κ2) is 6.79. The maximum Gasteiger partial charge on any atom is 0.322 e. The highest BCUT2D eigenvalue weighted by Crippen LogP contribution is 2.28. The van der Waals surface area contributed by atoms with Gasteiger partial charge in [-0.25, -0.2) is 4.79 Å². The van der Waals surface area contributed by atoms with Crippen LogP contribution in [-0.2, 0) is 4.79 Å². The van der Waals surface area contributed by atoms with Crippen molar-refractivity contribution in [1.82, 2.24) is 4.90 Å². The quantitative estimate of drug-likeness (QED) is 0.762. The van der Waals surface area contributed by atoms with Crippen LogP contribution in [0.1, 0.15) is 19.8 Å². The maximum atomic E-state index is 12.3. The van der Waals surface area contributed by atoms with Gasteiger partial charge in [0, 0.05) is 21.5 Å². The monoisotopic (exact) mass is 418 g/mol. The van der Waals surface area contributed by atoms with E-state index in [1.54, 1.807) is 4.90 Å². The predicted octanol–water partition coefficient (Wildman–Crippen LogP) is 3.93. The first-order valence-electron chi connectivity index (χ1n) is 6.64. The van der Waals surface area contributed by atoms with Crippen molar-refractivity contribution >= 4 is 49.5 Å². The summed E-state index contributed by atoms with van der Waals surface area (Å²) in [5, 5.41) is 11.9. The SMILES string of the molecule is CC1CC(C(=O)O)CCN1C(=O)Nc1cc(Br)ccc1Br. The molecule has 1 heterocycles. The van der Waals surface area contributed by atoms with Crippen molar-refractivity contribution in [2.75, 3.05) is 11.9 Å². The Labute approximate surface area is 140 Å². The first-order chi connectivity index (χ1) is 9.88. The molecule has 7 heteroatoms. The molecular formula is C14H16Br2N2O3. The number of nitrogens with one attached hydrogen (secondary N) is 1. The third kappa shape index (κ3) is 3.97. The zero-order chi connectivity index (χ0) is 15.6. The number of rotatable bonds is 2. The van der Waals surface area contributed by atoms with E-state index in [-0.39, 0.29) is 18.0 Å². The Bertz CT molecular complexity index is 565. The number of carbonyl (C=O) groups excluding carboxylic acids is 1. The van der Waals surface area contributed by atoms with Gasteiger partial charge in [-0.2, -0.15) is 0 Å². The number of aliphatic carboxylic acids is 1. The molecule has 2 amide bonds. The van der Waals surface area contributed by atoms with E-state index in [1.807, 2.05) is 25.1 Å². The average Bonchev–Trinajstić information content (AvgIpc) is 2.42. The number of anilines is 1. The van der Waals surface area contributed by atoms with E-state index in [0.29, 0.717) is 25.1 Å². The minimum Gasteiger partial charge on any atom is -0.481 e. The van der Waals surface area contributed by atoms with Crippen LogP contribution in [0.25, 0.3) is 0 Å². The van der Waals surface area contributed by atoms with Gasteiger partial charge in [0.15, 0.2) is 0 Å². The molecule has 0 saturated carbocycles. The number of carboxylic acids is 1. The summed E-state index contributed by atoms with van der Waals surface area (Å²) >= 11 is 6.76. The van der Waals surface area contributed by atoms with Gasteiger partial charge in [-0.1, -0.05) is 15.9 Å². The highest BCUT2D eigenvalue weighted by Gasteiger charge is 2.32. The zero-order valence-electron chi connectivity index (χ0n) is 11.5. The van der Waals surface area contributed by atoms with E-state index in [9.17, 15) is 9.59 Å². The molecule has 1 saturated heterocycles. The molecular weight excluding hydrogens is 404 g/mol. The second-order valence-corrected chi connectivity index (χ2v) is 6.93. The van der Waals surface area contributed by atoms with Crippen LogP contribution < -0.4 is 5.32 Å². The highest BCUT2D eigenvalue weighted by molar-refractivity contribution is 9.11. The molecule has 21 heavy (non-hydrogen) atoms. The standard InChI is InChI=1S/C14H16Br2N2O3/c1-8-6-9(13(19)20)4-5-18(8)14(21)17-12-7-10(15)2-3-11(12)16/h2-3,7-9H,4-6H2,1H3,(H,17,21)(H,19,20). The lowest BCUT2D eigenvalue weighted by Gasteiger charge is -2.36. The maximum absolute atomic E-state index is 12.3. The van der Waals surface area contributed by atoms with Crippen molar-refractivity contribution in [2.24, 2.45) is 5.92 Å². The van der Waals surface area contributed by atoms with Gasteiger partial charge in [-0.15, -0.1) is 0 Å². The number of hydrogen-bond acceptors (Lipinski definition) is 2. The van der Waals surface area contributed by atoms with Gasteiger partial charge in [-0.05, 0) is 53.9 Å². The Morgan fingerprint density at radius 1 is 1.38 bits per heavy atom. The number of likely N-dealkylation sites (tertiary alicyclic amines) is 1. The van der Waals surface area contributed by atoms with Gasteiger partial charge in [0.2, 0.25) is 0 Å². The summed E-state index contributed by atoms with van der Waals surface area (Å²) in [6.07, 6.45) is 0.981. The van der Waals surface area contributed by atoms with E-state index < -0.39 is 5.97 Å². The van der Waals surface area contributed by atoms with Crippen LogP contribution in [0.3, 0.4) is 0 Å². The van der Waals surface area contributed by atoms with E-state index in [0.717, 1.165) is 8.95 Å². The number of carbonyl (C=O) groups is 2. The van der Waals surface area contributed by atoms with Crippen LogP contribution in [0.5, 0.6) is 0 Å². The lowest BCUT2D eigenvalue weighted by molar-refractivity contribution is -0.143. The highest BCUT2D eigenvalue weighted by atomic mass is 79.9. The van der Waals surface area contributed by atoms with Gasteiger partial charge < -0.3 is 15.3 Å². The molecule has 1 aromatic rings. The Kier molecular flexibility index (Phi) is 5.27. The molecule has 0 bridgehead atoms. The largest absolute Gasteiger partial charge is 0.481 e. The molecule has 2 atom stereocenters.